The van der Waals surface area contributed by atoms with Gasteiger partial charge in [-0.05, 0) is 24.3 Å². The van der Waals surface area contributed by atoms with E-state index in [9.17, 15) is 9.50 Å². The lowest BCUT2D eigenvalue weighted by Gasteiger charge is -2.19. The van der Waals surface area contributed by atoms with E-state index in [0.717, 1.165) is 5.69 Å². The van der Waals surface area contributed by atoms with Crippen LogP contribution >= 0.6 is 11.6 Å². The number of aliphatic hydroxyl groups excluding tert-OH is 1. The maximum Gasteiger partial charge on any atom is 0.130 e. The second kappa shape index (κ2) is 5.46. The van der Waals surface area contributed by atoms with Gasteiger partial charge in [0.25, 0.3) is 0 Å². The maximum atomic E-state index is 13.7. The molecule has 18 heavy (non-hydrogen) atoms. The molecule has 94 valence electrons. The lowest BCUT2D eigenvalue weighted by atomic mass is 9.94. The van der Waals surface area contributed by atoms with Crippen LogP contribution in [-0.4, -0.2) is 10.1 Å². The molecule has 2 atom stereocenters. The molecule has 0 aliphatic heterocycles. The Morgan fingerprint density at radius 2 is 2.06 bits per heavy atom. The molecule has 1 aromatic carbocycles. The molecule has 0 radical (unpaired) electrons. The molecule has 2 aromatic rings. The molecule has 2 unspecified atom stereocenters. The number of aliphatic hydroxyl groups is 1. The summed E-state index contributed by atoms with van der Waals surface area (Å²) in [6.45, 7) is 1.81. The van der Waals surface area contributed by atoms with Crippen LogP contribution in [0.25, 0.3) is 0 Å². The van der Waals surface area contributed by atoms with Gasteiger partial charge in [-0.3, -0.25) is 4.98 Å². The van der Waals surface area contributed by atoms with Crippen LogP contribution in [-0.2, 0) is 0 Å². The number of halogens is 2. The Balaban J connectivity index is 2.28. The monoisotopic (exact) mass is 265 g/mol. The quantitative estimate of drug-likeness (QED) is 0.918. The number of pyridine rings is 1. The molecule has 0 bridgehead atoms. The van der Waals surface area contributed by atoms with Crippen molar-refractivity contribution in [1.29, 1.82) is 0 Å². The van der Waals surface area contributed by atoms with Gasteiger partial charge in [0, 0.05) is 28.4 Å². The van der Waals surface area contributed by atoms with Gasteiger partial charge < -0.3 is 5.11 Å². The fourth-order valence-corrected chi connectivity index (χ4v) is 1.98. The van der Waals surface area contributed by atoms with Crippen LogP contribution in [0.1, 0.15) is 30.2 Å². The molecule has 1 heterocycles. The minimum absolute atomic E-state index is 0.234. The Hall–Kier alpha value is -1.45. The van der Waals surface area contributed by atoms with Crippen LogP contribution in [0, 0.1) is 5.82 Å². The van der Waals surface area contributed by atoms with E-state index in [1.54, 1.807) is 25.3 Å². The molecule has 0 saturated carbocycles. The van der Waals surface area contributed by atoms with E-state index in [-0.39, 0.29) is 11.5 Å². The van der Waals surface area contributed by atoms with Gasteiger partial charge in [-0.1, -0.05) is 30.7 Å². The Kier molecular flexibility index (Phi) is 3.94. The van der Waals surface area contributed by atoms with E-state index in [1.807, 2.05) is 12.1 Å². The summed E-state index contributed by atoms with van der Waals surface area (Å²) in [6, 6.07) is 9.71. The Bertz CT molecular complexity index is 533. The van der Waals surface area contributed by atoms with Crippen LogP contribution in [0.4, 0.5) is 4.39 Å². The highest BCUT2D eigenvalue weighted by molar-refractivity contribution is 6.30. The van der Waals surface area contributed by atoms with E-state index in [2.05, 4.69) is 4.98 Å². The summed E-state index contributed by atoms with van der Waals surface area (Å²) in [7, 11) is 0. The molecular weight excluding hydrogens is 253 g/mol. The normalized spacial score (nSPS) is 14.2. The van der Waals surface area contributed by atoms with E-state index >= 15 is 0 Å². The standard InChI is InChI=1S/C14H13ClFNO/c1-9(13-4-2-3-7-17-13)14(18)11-6-5-10(15)8-12(11)16/h2-9,14,18H,1H3. The maximum absolute atomic E-state index is 13.7. The summed E-state index contributed by atoms with van der Waals surface area (Å²) in [6.07, 6.45) is 0.703. The fourth-order valence-electron chi connectivity index (χ4n) is 1.82. The van der Waals surface area contributed by atoms with Gasteiger partial charge in [-0.15, -0.1) is 0 Å². The molecule has 1 N–H and O–H groups in total. The summed E-state index contributed by atoms with van der Waals surface area (Å²) in [5.74, 6) is -0.792. The molecule has 0 aliphatic carbocycles. The molecule has 0 amide bonds. The van der Waals surface area contributed by atoms with Gasteiger partial charge in [0.15, 0.2) is 0 Å². The van der Waals surface area contributed by atoms with Crippen molar-refractivity contribution >= 4 is 11.6 Å². The molecule has 0 aliphatic rings. The first kappa shape index (κ1) is 13.0. The molecule has 0 spiro atoms. The number of rotatable bonds is 3. The number of hydrogen-bond acceptors (Lipinski definition) is 2. The number of benzene rings is 1. The predicted octanol–water partition coefficient (Wildman–Crippen LogP) is 3.71. The number of nitrogens with zero attached hydrogens (tertiary/aromatic N) is 1. The van der Waals surface area contributed by atoms with E-state index in [1.165, 1.54) is 12.1 Å². The minimum atomic E-state index is -0.947. The van der Waals surface area contributed by atoms with Crippen LogP contribution in [0.3, 0.4) is 0 Å². The van der Waals surface area contributed by atoms with Crippen molar-refractivity contribution in [2.45, 2.75) is 18.9 Å². The van der Waals surface area contributed by atoms with Crippen molar-refractivity contribution in [3.05, 3.63) is 64.7 Å². The van der Waals surface area contributed by atoms with Crippen molar-refractivity contribution in [3.8, 4) is 0 Å². The van der Waals surface area contributed by atoms with Crippen molar-refractivity contribution in [1.82, 2.24) is 4.98 Å². The van der Waals surface area contributed by atoms with Gasteiger partial charge in [-0.25, -0.2) is 4.39 Å². The van der Waals surface area contributed by atoms with Crippen molar-refractivity contribution in [2.75, 3.05) is 0 Å². The third-order valence-corrected chi connectivity index (χ3v) is 3.14. The van der Waals surface area contributed by atoms with Gasteiger partial charge >= 0.3 is 0 Å². The fraction of sp³-hybridized carbons (Fsp3) is 0.214. The van der Waals surface area contributed by atoms with E-state index < -0.39 is 11.9 Å². The highest BCUT2D eigenvalue weighted by Gasteiger charge is 2.22. The van der Waals surface area contributed by atoms with Crippen molar-refractivity contribution in [3.63, 3.8) is 0 Å². The molecule has 0 fully saturated rings. The van der Waals surface area contributed by atoms with Crippen LogP contribution in [0.2, 0.25) is 5.02 Å². The van der Waals surface area contributed by atoms with E-state index in [0.29, 0.717) is 5.02 Å². The van der Waals surface area contributed by atoms with Crippen LogP contribution in [0.15, 0.2) is 42.6 Å². The zero-order chi connectivity index (χ0) is 13.1. The van der Waals surface area contributed by atoms with Gasteiger partial charge in [-0.2, -0.15) is 0 Å². The lowest BCUT2D eigenvalue weighted by molar-refractivity contribution is 0.145. The highest BCUT2D eigenvalue weighted by Crippen LogP contribution is 2.31. The largest absolute Gasteiger partial charge is 0.388 e. The summed E-state index contributed by atoms with van der Waals surface area (Å²) in [5.41, 5.74) is 0.955. The van der Waals surface area contributed by atoms with Gasteiger partial charge in [0.2, 0.25) is 0 Å². The molecule has 0 saturated heterocycles. The Morgan fingerprint density at radius 1 is 1.28 bits per heavy atom. The highest BCUT2D eigenvalue weighted by atomic mass is 35.5. The van der Waals surface area contributed by atoms with Crippen molar-refractivity contribution in [2.24, 2.45) is 0 Å². The molecule has 2 rings (SSSR count). The van der Waals surface area contributed by atoms with Crippen LogP contribution in [0.5, 0.6) is 0 Å². The smallest absolute Gasteiger partial charge is 0.130 e. The Labute approximate surface area is 110 Å². The average molecular weight is 266 g/mol. The lowest BCUT2D eigenvalue weighted by Crippen LogP contribution is -2.10. The minimum Gasteiger partial charge on any atom is -0.388 e. The summed E-state index contributed by atoms with van der Waals surface area (Å²) in [4.78, 5) is 4.16. The molecule has 4 heteroatoms. The van der Waals surface area contributed by atoms with Gasteiger partial charge in [0.1, 0.15) is 5.82 Å². The summed E-state index contributed by atoms with van der Waals surface area (Å²) < 4.78 is 13.7. The third-order valence-electron chi connectivity index (χ3n) is 2.91. The number of hydrogen-bond donors (Lipinski definition) is 1. The zero-order valence-electron chi connectivity index (χ0n) is 9.85. The van der Waals surface area contributed by atoms with Crippen LogP contribution < -0.4 is 0 Å². The first-order valence-electron chi connectivity index (χ1n) is 5.63. The second-order valence-electron chi connectivity index (χ2n) is 4.15. The topological polar surface area (TPSA) is 33.1 Å². The second-order valence-corrected chi connectivity index (χ2v) is 4.59. The SMILES string of the molecule is CC(c1ccccn1)C(O)c1ccc(Cl)cc1F. The molecule has 1 aromatic heterocycles. The first-order chi connectivity index (χ1) is 8.59. The number of aromatic nitrogens is 1. The average Bonchev–Trinajstić information content (AvgIpc) is 2.38. The molecular formula is C14H13ClFNO. The third kappa shape index (κ3) is 2.68. The first-order valence-corrected chi connectivity index (χ1v) is 6.01. The predicted molar refractivity (Wildman–Crippen MR) is 69.0 cm³/mol. The van der Waals surface area contributed by atoms with Gasteiger partial charge in [0.05, 0.1) is 6.10 Å². The molecule has 2 nitrogen and oxygen atoms in total. The Morgan fingerprint density at radius 3 is 2.67 bits per heavy atom. The summed E-state index contributed by atoms with van der Waals surface area (Å²) >= 11 is 5.68. The zero-order valence-corrected chi connectivity index (χ0v) is 10.6. The summed E-state index contributed by atoms with van der Waals surface area (Å²) in [5, 5.41) is 10.5. The van der Waals surface area contributed by atoms with Crippen molar-refractivity contribution < 1.29 is 9.50 Å². The van der Waals surface area contributed by atoms with E-state index in [4.69, 9.17) is 11.6 Å².